The maximum absolute atomic E-state index is 11.8. The summed E-state index contributed by atoms with van der Waals surface area (Å²) < 4.78 is 5.24. The van der Waals surface area contributed by atoms with E-state index in [0.29, 0.717) is 12.8 Å². The standard InChI is InChI=1S/C14H20O2/c1-11-5-7-12(8-6-11)9-13(15)10-14(2,3)16-4/h5-8H,9-10H2,1-4H3. The molecule has 0 aliphatic heterocycles. The minimum atomic E-state index is -0.359. The van der Waals surface area contributed by atoms with E-state index < -0.39 is 0 Å². The van der Waals surface area contributed by atoms with Gasteiger partial charge in [0.15, 0.2) is 0 Å². The summed E-state index contributed by atoms with van der Waals surface area (Å²) in [7, 11) is 1.64. The molecule has 16 heavy (non-hydrogen) atoms. The highest BCUT2D eigenvalue weighted by atomic mass is 16.5. The van der Waals surface area contributed by atoms with Gasteiger partial charge in [-0.15, -0.1) is 0 Å². The molecule has 0 unspecified atom stereocenters. The number of rotatable bonds is 5. The zero-order valence-corrected chi connectivity index (χ0v) is 10.5. The van der Waals surface area contributed by atoms with Gasteiger partial charge in [0, 0.05) is 20.0 Å². The number of hydrogen-bond acceptors (Lipinski definition) is 2. The predicted molar refractivity (Wildman–Crippen MR) is 65.6 cm³/mol. The van der Waals surface area contributed by atoms with Crippen LogP contribution in [0.1, 0.15) is 31.4 Å². The fraction of sp³-hybridized carbons (Fsp3) is 0.500. The van der Waals surface area contributed by atoms with Gasteiger partial charge < -0.3 is 4.74 Å². The molecular formula is C14H20O2. The molecule has 88 valence electrons. The SMILES string of the molecule is COC(C)(C)CC(=O)Cc1ccc(C)cc1. The molecule has 0 bridgehead atoms. The monoisotopic (exact) mass is 220 g/mol. The quantitative estimate of drug-likeness (QED) is 0.762. The highest BCUT2D eigenvalue weighted by Crippen LogP contribution is 2.15. The molecule has 1 rings (SSSR count). The molecule has 0 N–H and O–H groups in total. The Labute approximate surface area is 97.6 Å². The fourth-order valence-corrected chi connectivity index (χ4v) is 1.54. The Kier molecular flexibility index (Phi) is 4.25. The summed E-state index contributed by atoms with van der Waals surface area (Å²) in [5.74, 6) is 0.218. The van der Waals surface area contributed by atoms with Crippen LogP contribution >= 0.6 is 0 Å². The van der Waals surface area contributed by atoms with Crippen LogP contribution in [0.2, 0.25) is 0 Å². The van der Waals surface area contributed by atoms with Gasteiger partial charge in [0.05, 0.1) is 5.60 Å². The Morgan fingerprint density at radius 3 is 2.31 bits per heavy atom. The summed E-state index contributed by atoms with van der Waals surface area (Å²) in [4.78, 5) is 11.8. The van der Waals surface area contributed by atoms with Crippen LogP contribution < -0.4 is 0 Å². The van der Waals surface area contributed by atoms with Crippen molar-refractivity contribution < 1.29 is 9.53 Å². The van der Waals surface area contributed by atoms with Crippen LogP contribution in [0.5, 0.6) is 0 Å². The molecule has 0 aliphatic rings. The Morgan fingerprint density at radius 1 is 1.25 bits per heavy atom. The zero-order chi connectivity index (χ0) is 12.2. The lowest BCUT2D eigenvalue weighted by atomic mass is 9.97. The van der Waals surface area contributed by atoms with Crippen LogP contribution in [0.4, 0.5) is 0 Å². The first kappa shape index (κ1) is 12.9. The van der Waals surface area contributed by atoms with Crippen molar-refractivity contribution in [2.45, 2.75) is 39.2 Å². The van der Waals surface area contributed by atoms with E-state index in [1.54, 1.807) is 7.11 Å². The highest BCUT2D eigenvalue weighted by Gasteiger charge is 2.20. The number of carbonyl (C=O) groups excluding carboxylic acids is 1. The summed E-state index contributed by atoms with van der Waals surface area (Å²) in [6.07, 6.45) is 0.949. The molecule has 0 aliphatic carbocycles. The van der Waals surface area contributed by atoms with Crippen molar-refractivity contribution >= 4 is 5.78 Å². The first-order chi connectivity index (χ1) is 7.43. The topological polar surface area (TPSA) is 26.3 Å². The smallest absolute Gasteiger partial charge is 0.140 e. The van der Waals surface area contributed by atoms with Gasteiger partial charge >= 0.3 is 0 Å². The number of aryl methyl sites for hydroxylation is 1. The maximum Gasteiger partial charge on any atom is 0.140 e. The van der Waals surface area contributed by atoms with Crippen LogP contribution in [0.25, 0.3) is 0 Å². The third kappa shape index (κ3) is 4.15. The lowest BCUT2D eigenvalue weighted by Gasteiger charge is -2.21. The van der Waals surface area contributed by atoms with E-state index in [1.807, 2.05) is 45.0 Å². The molecule has 0 fully saturated rings. The van der Waals surface area contributed by atoms with Crippen molar-refractivity contribution in [3.63, 3.8) is 0 Å². The normalized spacial score (nSPS) is 11.5. The minimum absolute atomic E-state index is 0.218. The summed E-state index contributed by atoms with van der Waals surface area (Å²) in [5.41, 5.74) is 1.93. The van der Waals surface area contributed by atoms with Crippen LogP contribution in [-0.4, -0.2) is 18.5 Å². The van der Waals surface area contributed by atoms with Crippen molar-refractivity contribution in [3.8, 4) is 0 Å². The average Bonchev–Trinajstić information content (AvgIpc) is 2.21. The molecule has 0 saturated carbocycles. The second kappa shape index (κ2) is 5.26. The number of ketones is 1. The van der Waals surface area contributed by atoms with Crippen LogP contribution in [0, 0.1) is 6.92 Å². The predicted octanol–water partition coefficient (Wildman–Crippen LogP) is 2.92. The molecular weight excluding hydrogens is 200 g/mol. The third-order valence-corrected chi connectivity index (χ3v) is 2.70. The van der Waals surface area contributed by atoms with Gasteiger partial charge in [-0.3, -0.25) is 4.79 Å². The maximum atomic E-state index is 11.8. The van der Waals surface area contributed by atoms with Gasteiger partial charge in [0.2, 0.25) is 0 Å². The first-order valence-corrected chi connectivity index (χ1v) is 5.55. The van der Waals surface area contributed by atoms with Crippen LogP contribution in [0.3, 0.4) is 0 Å². The molecule has 1 aromatic carbocycles. The number of benzene rings is 1. The van der Waals surface area contributed by atoms with Crippen LogP contribution in [0.15, 0.2) is 24.3 Å². The number of Topliss-reactive ketones (excluding diaryl/α,β-unsaturated/α-hetero) is 1. The van der Waals surface area contributed by atoms with Crippen molar-refractivity contribution in [1.29, 1.82) is 0 Å². The molecule has 2 heteroatoms. The molecule has 2 nitrogen and oxygen atoms in total. The molecule has 0 aromatic heterocycles. The molecule has 0 atom stereocenters. The molecule has 0 spiro atoms. The number of hydrogen-bond donors (Lipinski definition) is 0. The third-order valence-electron chi connectivity index (χ3n) is 2.70. The first-order valence-electron chi connectivity index (χ1n) is 5.55. The van der Waals surface area contributed by atoms with E-state index >= 15 is 0 Å². The lowest BCUT2D eigenvalue weighted by molar-refractivity contribution is -0.123. The fourth-order valence-electron chi connectivity index (χ4n) is 1.54. The number of ether oxygens (including phenoxy) is 1. The van der Waals surface area contributed by atoms with E-state index in [9.17, 15) is 4.79 Å². The summed E-state index contributed by atoms with van der Waals surface area (Å²) in [5, 5.41) is 0. The van der Waals surface area contributed by atoms with Gasteiger partial charge in [-0.1, -0.05) is 29.8 Å². The molecule has 1 aromatic rings. The van der Waals surface area contributed by atoms with E-state index in [1.165, 1.54) is 5.56 Å². The molecule has 0 radical (unpaired) electrons. The second-order valence-electron chi connectivity index (χ2n) is 4.84. The Morgan fingerprint density at radius 2 is 1.81 bits per heavy atom. The average molecular weight is 220 g/mol. The van der Waals surface area contributed by atoms with Gasteiger partial charge in [-0.25, -0.2) is 0 Å². The van der Waals surface area contributed by atoms with Gasteiger partial charge in [-0.05, 0) is 26.3 Å². The van der Waals surface area contributed by atoms with E-state index in [2.05, 4.69) is 0 Å². The van der Waals surface area contributed by atoms with Crippen molar-refractivity contribution in [3.05, 3.63) is 35.4 Å². The van der Waals surface area contributed by atoms with Crippen LogP contribution in [-0.2, 0) is 16.0 Å². The Bertz CT molecular complexity index is 350. The lowest BCUT2D eigenvalue weighted by Crippen LogP contribution is -2.27. The van der Waals surface area contributed by atoms with Crippen molar-refractivity contribution in [2.75, 3.05) is 7.11 Å². The largest absolute Gasteiger partial charge is 0.378 e. The van der Waals surface area contributed by atoms with Crippen molar-refractivity contribution in [1.82, 2.24) is 0 Å². The highest BCUT2D eigenvalue weighted by molar-refractivity contribution is 5.81. The number of methoxy groups -OCH3 is 1. The summed E-state index contributed by atoms with van der Waals surface area (Å²) in [6.45, 7) is 5.90. The minimum Gasteiger partial charge on any atom is -0.378 e. The van der Waals surface area contributed by atoms with Gasteiger partial charge in [-0.2, -0.15) is 0 Å². The molecule has 0 heterocycles. The van der Waals surface area contributed by atoms with Gasteiger partial charge in [0.1, 0.15) is 5.78 Å². The Hall–Kier alpha value is -1.15. The van der Waals surface area contributed by atoms with E-state index in [4.69, 9.17) is 4.74 Å². The van der Waals surface area contributed by atoms with E-state index in [0.717, 1.165) is 5.56 Å². The Balaban J connectivity index is 2.55. The van der Waals surface area contributed by atoms with E-state index in [-0.39, 0.29) is 11.4 Å². The zero-order valence-electron chi connectivity index (χ0n) is 10.5. The number of carbonyl (C=O) groups is 1. The summed E-state index contributed by atoms with van der Waals surface area (Å²) >= 11 is 0. The summed E-state index contributed by atoms with van der Waals surface area (Å²) in [6, 6.07) is 8.08. The van der Waals surface area contributed by atoms with Gasteiger partial charge in [0.25, 0.3) is 0 Å². The molecule has 0 amide bonds. The second-order valence-corrected chi connectivity index (χ2v) is 4.84. The van der Waals surface area contributed by atoms with Crippen molar-refractivity contribution in [2.24, 2.45) is 0 Å². The molecule has 0 saturated heterocycles.